The number of nitrogens with zero attached hydrogens (tertiary/aromatic N) is 2. The molecule has 0 spiro atoms. The normalized spacial score (nSPS) is 13.1. The van der Waals surface area contributed by atoms with Crippen molar-refractivity contribution in [2.45, 2.75) is 33.3 Å². The summed E-state index contributed by atoms with van der Waals surface area (Å²) in [7, 11) is 3.43. The first-order valence-electron chi connectivity index (χ1n) is 5.50. The van der Waals surface area contributed by atoms with E-state index >= 15 is 0 Å². The van der Waals surface area contributed by atoms with E-state index < -0.39 is 0 Å². The maximum absolute atomic E-state index is 12.0. The second-order valence-corrected chi connectivity index (χ2v) is 4.44. The Kier molecular flexibility index (Phi) is 4.24. The molecule has 0 aliphatic heterocycles. The molecule has 0 saturated heterocycles. The van der Waals surface area contributed by atoms with Gasteiger partial charge >= 0.3 is 0 Å². The smallest absolute Gasteiger partial charge is 0.167 e. The summed E-state index contributed by atoms with van der Waals surface area (Å²) < 4.78 is 6.96. The van der Waals surface area contributed by atoms with E-state index in [4.69, 9.17) is 4.74 Å². The van der Waals surface area contributed by atoms with Gasteiger partial charge in [-0.1, -0.05) is 13.8 Å². The SMILES string of the molecule is COC(C(=O)Cc1cc(C)nn1C)C(C)C. The highest BCUT2D eigenvalue weighted by molar-refractivity contribution is 5.85. The van der Waals surface area contributed by atoms with Crippen molar-refractivity contribution in [3.8, 4) is 0 Å². The molecule has 16 heavy (non-hydrogen) atoms. The van der Waals surface area contributed by atoms with Gasteiger partial charge in [0.15, 0.2) is 5.78 Å². The molecule has 0 radical (unpaired) electrons. The van der Waals surface area contributed by atoms with Crippen LogP contribution < -0.4 is 0 Å². The first-order chi connectivity index (χ1) is 7.45. The van der Waals surface area contributed by atoms with Crippen molar-refractivity contribution in [3.05, 3.63) is 17.5 Å². The number of hydrogen-bond acceptors (Lipinski definition) is 3. The second kappa shape index (κ2) is 5.25. The molecule has 0 aromatic carbocycles. The number of ether oxygens (including phenoxy) is 1. The lowest BCUT2D eigenvalue weighted by Gasteiger charge is -2.17. The zero-order valence-corrected chi connectivity index (χ0v) is 10.7. The van der Waals surface area contributed by atoms with Crippen LogP contribution >= 0.6 is 0 Å². The molecule has 1 aromatic rings. The van der Waals surface area contributed by atoms with Gasteiger partial charge in [0.05, 0.1) is 12.1 Å². The van der Waals surface area contributed by atoms with Crippen molar-refractivity contribution in [1.29, 1.82) is 0 Å². The van der Waals surface area contributed by atoms with Crippen LogP contribution in [0.15, 0.2) is 6.07 Å². The van der Waals surface area contributed by atoms with Crippen LogP contribution in [0.25, 0.3) is 0 Å². The lowest BCUT2D eigenvalue weighted by atomic mass is 10.00. The van der Waals surface area contributed by atoms with Crippen LogP contribution in [0.1, 0.15) is 25.2 Å². The van der Waals surface area contributed by atoms with Gasteiger partial charge in [-0.05, 0) is 18.9 Å². The van der Waals surface area contributed by atoms with Crippen molar-refractivity contribution >= 4 is 5.78 Å². The molecule has 1 unspecified atom stereocenters. The van der Waals surface area contributed by atoms with Crippen molar-refractivity contribution in [3.63, 3.8) is 0 Å². The van der Waals surface area contributed by atoms with Crippen LogP contribution in [0, 0.1) is 12.8 Å². The molecule has 4 heteroatoms. The monoisotopic (exact) mass is 224 g/mol. The summed E-state index contributed by atoms with van der Waals surface area (Å²) in [5, 5.41) is 4.22. The van der Waals surface area contributed by atoms with E-state index in [-0.39, 0.29) is 17.8 Å². The van der Waals surface area contributed by atoms with E-state index in [1.54, 1.807) is 11.8 Å². The molecule has 0 saturated carbocycles. The van der Waals surface area contributed by atoms with Gasteiger partial charge < -0.3 is 4.74 Å². The van der Waals surface area contributed by atoms with Gasteiger partial charge in [0.2, 0.25) is 0 Å². The summed E-state index contributed by atoms with van der Waals surface area (Å²) in [6.07, 6.45) is 0.0591. The van der Waals surface area contributed by atoms with Gasteiger partial charge in [0.25, 0.3) is 0 Å². The van der Waals surface area contributed by atoms with Crippen LogP contribution in [-0.4, -0.2) is 28.8 Å². The van der Waals surface area contributed by atoms with Gasteiger partial charge in [-0.3, -0.25) is 9.48 Å². The molecule has 0 aliphatic rings. The number of aromatic nitrogens is 2. The van der Waals surface area contributed by atoms with Crippen molar-refractivity contribution in [1.82, 2.24) is 9.78 Å². The minimum absolute atomic E-state index is 0.112. The minimum Gasteiger partial charge on any atom is -0.373 e. The van der Waals surface area contributed by atoms with E-state index in [1.165, 1.54) is 0 Å². The fourth-order valence-electron chi connectivity index (χ4n) is 1.88. The number of ketones is 1. The van der Waals surface area contributed by atoms with Crippen LogP contribution in [0.5, 0.6) is 0 Å². The Morgan fingerprint density at radius 3 is 2.56 bits per heavy atom. The largest absolute Gasteiger partial charge is 0.373 e. The van der Waals surface area contributed by atoms with Gasteiger partial charge in [-0.25, -0.2) is 0 Å². The molecule has 0 fully saturated rings. The predicted octanol–water partition coefficient (Wildman–Crippen LogP) is 1.51. The fraction of sp³-hybridized carbons (Fsp3) is 0.667. The number of aryl methyl sites for hydroxylation is 2. The van der Waals surface area contributed by atoms with E-state index in [0.717, 1.165) is 11.4 Å². The Labute approximate surface area is 96.6 Å². The first-order valence-corrected chi connectivity index (χ1v) is 5.50. The number of methoxy groups -OCH3 is 1. The molecule has 1 heterocycles. The molecular formula is C12H20N2O2. The zero-order valence-electron chi connectivity index (χ0n) is 10.7. The summed E-state index contributed by atoms with van der Waals surface area (Å²) in [6, 6.07) is 1.94. The lowest BCUT2D eigenvalue weighted by molar-refractivity contribution is -0.130. The quantitative estimate of drug-likeness (QED) is 0.761. The predicted molar refractivity (Wildman–Crippen MR) is 62.3 cm³/mol. The zero-order chi connectivity index (χ0) is 12.3. The molecule has 90 valence electrons. The number of Topliss-reactive ketones (excluding diaryl/α,β-unsaturated/α-hetero) is 1. The average Bonchev–Trinajstić information content (AvgIpc) is 2.45. The van der Waals surface area contributed by atoms with Crippen LogP contribution in [-0.2, 0) is 23.0 Å². The van der Waals surface area contributed by atoms with Crippen molar-refractivity contribution in [2.24, 2.45) is 13.0 Å². The maximum atomic E-state index is 12.0. The topological polar surface area (TPSA) is 44.1 Å². The molecule has 0 bridgehead atoms. The van der Waals surface area contributed by atoms with E-state index in [0.29, 0.717) is 6.42 Å². The summed E-state index contributed by atoms with van der Waals surface area (Å²) in [4.78, 5) is 12.0. The third kappa shape index (κ3) is 2.92. The Bertz CT molecular complexity index is 369. The van der Waals surface area contributed by atoms with E-state index in [9.17, 15) is 4.79 Å². The van der Waals surface area contributed by atoms with Crippen molar-refractivity contribution < 1.29 is 9.53 Å². The van der Waals surface area contributed by atoms with Crippen LogP contribution in [0.3, 0.4) is 0 Å². The van der Waals surface area contributed by atoms with Gasteiger partial charge in [0, 0.05) is 19.9 Å². The molecular weight excluding hydrogens is 204 g/mol. The van der Waals surface area contributed by atoms with Gasteiger partial charge in [-0.2, -0.15) is 5.10 Å². The minimum atomic E-state index is -0.324. The second-order valence-electron chi connectivity index (χ2n) is 4.44. The third-order valence-electron chi connectivity index (χ3n) is 2.63. The number of carbonyl (C=O) groups excluding carboxylic acids is 1. The standard InChI is InChI=1S/C12H20N2O2/c1-8(2)12(16-5)11(15)7-10-6-9(3)13-14(10)4/h6,8,12H,7H2,1-5H3. The number of rotatable bonds is 5. The highest BCUT2D eigenvalue weighted by Crippen LogP contribution is 2.11. The summed E-state index contributed by atoms with van der Waals surface area (Å²) in [5.74, 6) is 0.312. The molecule has 1 aromatic heterocycles. The highest BCUT2D eigenvalue weighted by Gasteiger charge is 2.22. The molecule has 0 amide bonds. The number of hydrogen-bond donors (Lipinski definition) is 0. The molecule has 0 aliphatic carbocycles. The summed E-state index contributed by atoms with van der Waals surface area (Å²) in [5.41, 5.74) is 1.87. The Balaban J connectivity index is 2.74. The van der Waals surface area contributed by atoms with Crippen LogP contribution in [0.2, 0.25) is 0 Å². The fourth-order valence-corrected chi connectivity index (χ4v) is 1.88. The first kappa shape index (κ1) is 12.9. The van der Waals surface area contributed by atoms with Crippen molar-refractivity contribution in [2.75, 3.05) is 7.11 Å². The molecule has 1 atom stereocenters. The third-order valence-corrected chi connectivity index (χ3v) is 2.63. The molecule has 0 N–H and O–H groups in total. The van der Waals surface area contributed by atoms with E-state index in [1.807, 2.05) is 33.9 Å². The Morgan fingerprint density at radius 1 is 1.56 bits per heavy atom. The van der Waals surface area contributed by atoms with Gasteiger partial charge in [0.1, 0.15) is 6.10 Å². The van der Waals surface area contributed by atoms with Crippen LogP contribution in [0.4, 0.5) is 0 Å². The molecule has 1 rings (SSSR count). The Morgan fingerprint density at radius 2 is 2.19 bits per heavy atom. The maximum Gasteiger partial charge on any atom is 0.167 e. The Hall–Kier alpha value is -1.16. The van der Waals surface area contributed by atoms with E-state index in [2.05, 4.69) is 5.10 Å². The highest BCUT2D eigenvalue weighted by atomic mass is 16.5. The summed E-state index contributed by atoms with van der Waals surface area (Å²) >= 11 is 0. The number of carbonyl (C=O) groups is 1. The lowest BCUT2D eigenvalue weighted by Crippen LogP contribution is -2.30. The average molecular weight is 224 g/mol. The summed E-state index contributed by atoms with van der Waals surface area (Å²) in [6.45, 7) is 5.89. The van der Waals surface area contributed by atoms with Gasteiger partial charge in [-0.15, -0.1) is 0 Å². The molecule has 4 nitrogen and oxygen atoms in total.